The molecule has 96 valence electrons. The molecule has 1 N–H and O–H groups in total. The molecule has 3 heteroatoms. The van der Waals surface area contributed by atoms with Crippen LogP contribution in [0.2, 0.25) is 0 Å². The molecule has 0 aromatic heterocycles. The second-order valence-electron chi connectivity index (χ2n) is 4.41. The van der Waals surface area contributed by atoms with Crippen molar-refractivity contribution in [3.63, 3.8) is 0 Å². The molecule has 16 heavy (non-hydrogen) atoms. The van der Waals surface area contributed by atoms with Gasteiger partial charge in [0.1, 0.15) is 0 Å². The first-order chi connectivity index (χ1) is 7.68. The van der Waals surface area contributed by atoms with Gasteiger partial charge in [-0.2, -0.15) is 0 Å². The van der Waals surface area contributed by atoms with Gasteiger partial charge in [-0.15, -0.1) is 0 Å². The highest BCUT2D eigenvalue weighted by molar-refractivity contribution is 5.77. The molecule has 0 atom stereocenters. The van der Waals surface area contributed by atoms with E-state index in [-0.39, 0.29) is 11.8 Å². The highest BCUT2D eigenvalue weighted by Crippen LogP contribution is 2.02. The summed E-state index contributed by atoms with van der Waals surface area (Å²) in [4.78, 5) is 11.2. The molecule has 0 bridgehead atoms. The first-order valence-corrected chi connectivity index (χ1v) is 6.54. The van der Waals surface area contributed by atoms with Gasteiger partial charge in [-0.05, 0) is 19.8 Å². The van der Waals surface area contributed by atoms with Gasteiger partial charge in [0.25, 0.3) is 0 Å². The molecule has 1 amide bonds. The number of amides is 1. The molecule has 0 aliphatic rings. The van der Waals surface area contributed by atoms with Crippen molar-refractivity contribution in [1.29, 1.82) is 0 Å². The van der Waals surface area contributed by atoms with Gasteiger partial charge < -0.3 is 10.1 Å². The topological polar surface area (TPSA) is 38.3 Å². The molecule has 0 aromatic rings. The van der Waals surface area contributed by atoms with Gasteiger partial charge in [-0.3, -0.25) is 4.79 Å². The predicted octanol–water partition coefficient (Wildman–Crippen LogP) is 2.75. The number of carbonyl (C=O) groups excluding carboxylic acids is 1. The standard InChI is InChI=1S/C13H27NO2/c1-4-16-11-9-7-5-6-8-10-14-13(15)12(2)3/h12H,4-11H2,1-3H3,(H,14,15). The number of rotatable bonds is 10. The van der Waals surface area contributed by atoms with Crippen LogP contribution in [0.25, 0.3) is 0 Å². The lowest BCUT2D eigenvalue weighted by molar-refractivity contribution is -0.123. The molecule has 0 rings (SSSR count). The quantitative estimate of drug-likeness (QED) is 0.585. The molecule has 0 saturated carbocycles. The monoisotopic (exact) mass is 229 g/mol. The molecule has 0 aliphatic heterocycles. The van der Waals surface area contributed by atoms with Crippen molar-refractivity contribution >= 4 is 5.91 Å². The van der Waals surface area contributed by atoms with Crippen LogP contribution in [-0.4, -0.2) is 25.7 Å². The van der Waals surface area contributed by atoms with E-state index < -0.39 is 0 Å². The molecule has 0 spiro atoms. The number of hydrogen-bond acceptors (Lipinski definition) is 2. The van der Waals surface area contributed by atoms with Crippen molar-refractivity contribution in [3.05, 3.63) is 0 Å². The zero-order valence-corrected chi connectivity index (χ0v) is 11.1. The van der Waals surface area contributed by atoms with Crippen molar-refractivity contribution in [2.45, 2.75) is 52.9 Å². The zero-order valence-electron chi connectivity index (χ0n) is 11.1. The maximum atomic E-state index is 11.2. The van der Waals surface area contributed by atoms with Crippen molar-refractivity contribution in [2.75, 3.05) is 19.8 Å². The Kier molecular flexibility index (Phi) is 10.5. The molecular formula is C13H27NO2. The average Bonchev–Trinajstić information content (AvgIpc) is 2.26. The largest absolute Gasteiger partial charge is 0.382 e. The molecule has 0 heterocycles. The van der Waals surface area contributed by atoms with Crippen LogP contribution in [0.1, 0.15) is 52.9 Å². The normalized spacial score (nSPS) is 10.8. The third-order valence-corrected chi connectivity index (χ3v) is 2.49. The summed E-state index contributed by atoms with van der Waals surface area (Å²) in [6, 6.07) is 0. The molecular weight excluding hydrogens is 202 g/mol. The van der Waals surface area contributed by atoms with Crippen molar-refractivity contribution in [2.24, 2.45) is 5.92 Å². The summed E-state index contributed by atoms with van der Waals surface area (Å²) in [5.41, 5.74) is 0. The Morgan fingerprint density at radius 1 is 1.12 bits per heavy atom. The Morgan fingerprint density at radius 2 is 1.75 bits per heavy atom. The lowest BCUT2D eigenvalue weighted by atomic mass is 10.1. The average molecular weight is 229 g/mol. The first kappa shape index (κ1) is 15.4. The lowest BCUT2D eigenvalue weighted by Crippen LogP contribution is -2.28. The van der Waals surface area contributed by atoms with Crippen LogP contribution in [0.4, 0.5) is 0 Å². The van der Waals surface area contributed by atoms with E-state index >= 15 is 0 Å². The van der Waals surface area contributed by atoms with E-state index in [1.54, 1.807) is 0 Å². The number of hydrogen-bond donors (Lipinski definition) is 1. The minimum Gasteiger partial charge on any atom is -0.382 e. The van der Waals surface area contributed by atoms with Crippen molar-refractivity contribution in [1.82, 2.24) is 5.32 Å². The second-order valence-corrected chi connectivity index (χ2v) is 4.41. The molecule has 0 saturated heterocycles. The van der Waals surface area contributed by atoms with Gasteiger partial charge in [0.15, 0.2) is 0 Å². The number of ether oxygens (including phenoxy) is 1. The van der Waals surface area contributed by atoms with Gasteiger partial charge >= 0.3 is 0 Å². The van der Waals surface area contributed by atoms with Crippen molar-refractivity contribution in [3.8, 4) is 0 Å². The molecule has 0 aliphatic carbocycles. The first-order valence-electron chi connectivity index (χ1n) is 6.54. The summed E-state index contributed by atoms with van der Waals surface area (Å²) in [6.07, 6.45) is 5.92. The minimum absolute atomic E-state index is 0.103. The summed E-state index contributed by atoms with van der Waals surface area (Å²) >= 11 is 0. The number of carbonyl (C=O) groups is 1. The maximum Gasteiger partial charge on any atom is 0.222 e. The van der Waals surface area contributed by atoms with Gasteiger partial charge in [0, 0.05) is 25.7 Å². The summed E-state index contributed by atoms with van der Waals surface area (Å²) in [5, 5.41) is 2.93. The smallest absolute Gasteiger partial charge is 0.222 e. The fourth-order valence-electron chi connectivity index (χ4n) is 1.42. The van der Waals surface area contributed by atoms with E-state index in [0.717, 1.165) is 32.6 Å². The fourth-order valence-corrected chi connectivity index (χ4v) is 1.42. The van der Waals surface area contributed by atoms with Crippen LogP contribution in [-0.2, 0) is 9.53 Å². The molecule has 0 fully saturated rings. The lowest BCUT2D eigenvalue weighted by Gasteiger charge is -2.07. The molecule has 0 aromatic carbocycles. The summed E-state index contributed by atoms with van der Waals surface area (Å²) in [7, 11) is 0. The third-order valence-electron chi connectivity index (χ3n) is 2.49. The van der Waals surface area contributed by atoms with Crippen LogP contribution < -0.4 is 5.32 Å². The SMILES string of the molecule is CCOCCCCCCCNC(=O)C(C)C. The van der Waals surface area contributed by atoms with Crippen LogP contribution in [0, 0.1) is 5.92 Å². The Bertz CT molecular complexity index is 169. The number of nitrogens with one attached hydrogen (secondary N) is 1. The Hall–Kier alpha value is -0.570. The van der Waals surface area contributed by atoms with Crippen LogP contribution in [0.3, 0.4) is 0 Å². The predicted molar refractivity (Wildman–Crippen MR) is 67.4 cm³/mol. The zero-order chi connectivity index (χ0) is 12.2. The van der Waals surface area contributed by atoms with E-state index in [1.807, 2.05) is 20.8 Å². The van der Waals surface area contributed by atoms with Crippen LogP contribution >= 0.6 is 0 Å². The van der Waals surface area contributed by atoms with Gasteiger partial charge in [-0.1, -0.05) is 33.1 Å². The Labute approximate surface area is 99.9 Å². The number of unbranched alkanes of at least 4 members (excludes halogenated alkanes) is 4. The maximum absolute atomic E-state index is 11.2. The van der Waals surface area contributed by atoms with Gasteiger partial charge in [-0.25, -0.2) is 0 Å². The third kappa shape index (κ3) is 9.97. The Morgan fingerprint density at radius 3 is 2.38 bits per heavy atom. The van der Waals surface area contributed by atoms with Gasteiger partial charge in [0.05, 0.1) is 0 Å². The summed E-state index contributed by atoms with van der Waals surface area (Å²) < 4.78 is 5.26. The molecule has 0 radical (unpaired) electrons. The van der Waals surface area contributed by atoms with Crippen LogP contribution in [0.15, 0.2) is 0 Å². The van der Waals surface area contributed by atoms with E-state index in [2.05, 4.69) is 5.32 Å². The highest BCUT2D eigenvalue weighted by Gasteiger charge is 2.04. The highest BCUT2D eigenvalue weighted by atomic mass is 16.5. The van der Waals surface area contributed by atoms with E-state index in [1.165, 1.54) is 19.3 Å². The Balaban J connectivity index is 3.07. The fraction of sp³-hybridized carbons (Fsp3) is 0.923. The summed E-state index contributed by atoms with van der Waals surface area (Å²) in [6.45, 7) is 8.40. The van der Waals surface area contributed by atoms with Crippen molar-refractivity contribution < 1.29 is 9.53 Å². The second kappa shape index (κ2) is 10.9. The van der Waals surface area contributed by atoms with Crippen LogP contribution in [0.5, 0.6) is 0 Å². The van der Waals surface area contributed by atoms with E-state index in [4.69, 9.17) is 4.74 Å². The van der Waals surface area contributed by atoms with Gasteiger partial charge in [0.2, 0.25) is 5.91 Å². The molecule has 0 unspecified atom stereocenters. The molecule has 3 nitrogen and oxygen atoms in total. The minimum atomic E-state index is 0.103. The van der Waals surface area contributed by atoms with E-state index in [9.17, 15) is 4.79 Å². The summed E-state index contributed by atoms with van der Waals surface area (Å²) in [5.74, 6) is 0.266. The van der Waals surface area contributed by atoms with E-state index in [0.29, 0.717) is 0 Å².